The summed E-state index contributed by atoms with van der Waals surface area (Å²) in [5.74, 6) is 0. The van der Waals surface area contributed by atoms with Crippen molar-refractivity contribution in [2.75, 3.05) is 39.3 Å². The number of nitrogens with one attached hydrogen (secondary N) is 1. The van der Waals surface area contributed by atoms with Crippen LogP contribution in [-0.4, -0.2) is 50.3 Å². The molecule has 0 aromatic rings. The first-order valence-electron chi connectivity index (χ1n) is 6.00. The summed E-state index contributed by atoms with van der Waals surface area (Å²) in [5.41, 5.74) is 0. The molecule has 2 heterocycles. The summed E-state index contributed by atoms with van der Waals surface area (Å²) in [6.45, 7) is 7.10. The molecule has 1 unspecified atom stereocenters. The maximum Gasteiger partial charge on any atom is 0.0699 e. The summed E-state index contributed by atoms with van der Waals surface area (Å²) >= 11 is 0. The van der Waals surface area contributed by atoms with E-state index >= 15 is 0 Å². The van der Waals surface area contributed by atoms with E-state index in [-0.39, 0.29) is 0 Å². The smallest absolute Gasteiger partial charge is 0.0699 e. The number of hydrogen-bond acceptors (Lipinski definition) is 3. The van der Waals surface area contributed by atoms with Crippen LogP contribution in [0.3, 0.4) is 0 Å². The number of ether oxygens (including phenoxy) is 1. The molecule has 0 aromatic carbocycles. The fourth-order valence-electron chi connectivity index (χ4n) is 1.95. The van der Waals surface area contributed by atoms with Crippen LogP contribution in [0.2, 0.25) is 0 Å². The van der Waals surface area contributed by atoms with Crippen molar-refractivity contribution in [3.8, 4) is 0 Å². The topological polar surface area (TPSA) is 24.3 Å². The Hall–Kier alpha value is -0.120. The van der Waals surface area contributed by atoms with Crippen molar-refractivity contribution in [2.24, 2.45) is 0 Å². The average molecular weight is 198 g/mol. The molecule has 2 aliphatic rings. The summed E-state index contributed by atoms with van der Waals surface area (Å²) in [6.07, 6.45) is 5.63. The minimum atomic E-state index is 0.491. The van der Waals surface area contributed by atoms with E-state index in [1.165, 1.54) is 45.3 Å². The van der Waals surface area contributed by atoms with Crippen molar-refractivity contribution in [1.82, 2.24) is 10.2 Å². The van der Waals surface area contributed by atoms with E-state index in [4.69, 9.17) is 4.74 Å². The first-order valence-corrected chi connectivity index (χ1v) is 6.00. The second-order valence-corrected chi connectivity index (χ2v) is 4.39. The van der Waals surface area contributed by atoms with Crippen LogP contribution < -0.4 is 5.32 Å². The molecule has 3 nitrogen and oxygen atoms in total. The lowest BCUT2D eigenvalue weighted by Gasteiger charge is -2.22. The monoisotopic (exact) mass is 198 g/mol. The van der Waals surface area contributed by atoms with Crippen LogP contribution in [0, 0.1) is 0 Å². The van der Waals surface area contributed by atoms with Crippen molar-refractivity contribution in [3.63, 3.8) is 0 Å². The maximum absolute atomic E-state index is 5.65. The normalized spacial score (nSPS) is 27.9. The molecule has 0 aromatic heterocycles. The van der Waals surface area contributed by atoms with Crippen molar-refractivity contribution < 1.29 is 4.74 Å². The van der Waals surface area contributed by atoms with E-state index in [1.807, 2.05) is 0 Å². The molecule has 1 atom stereocenters. The third kappa shape index (κ3) is 3.95. The van der Waals surface area contributed by atoms with Crippen molar-refractivity contribution in [1.29, 1.82) is 0 Å². The van der Waals surface area contributed by atoms with Crippen LogP contribution in [0.5, 0.6) is 0 Å². The molecule has 0 aliphatic carbocycles. The van der Waals surface area contributed by atoms with Crippen LogP contribution in [-0.2, 0) is 4.74 Å². The van der Waals surface area contributed by atoms with Crippen molar-refractivity contribution >= 4 is 0 Å². The lowest BCUT2D eigenvalue weighted by Crippen LogP contribution is -2.32. The molecule has 14 heavy (non-hydrogen) atoms. The van der Waals surface area contributed by atoms with Gasteiger partial charge in [-0.05, 0) is 38.8 Å². The summed E-state index contributed by atoms with van der Waals surface area (Å²) < 4.78 is 5.65. The van der Waals surface area contributed by atoms with E-state index in [0.717, 1.165) is 19.7 Å². The zero-order valence-corrected chi connectivity index (χ0v) is 9.00. The Balaban J connectivity index is 1.41. The fourth-order valence-corrected chi connectivity index (χ4v) is 1.95. The van der Waals surface area contributed by atoms with E-state index in [1.54, 1.807) is 0 Å². The first-order chi connectivity index (χ1) is 6.95. The maximum atomic E-state index is 5.65. The molecule has 2 saturated heterocycles. The van der Waals surface area contributed by atoms with Gasteiger partial charge >= 0.3 is 0 Å². The van der Waals surface area contributed by atoms with Gasteiger partial charge in [-0.2, -0.15) is 0 Å². The van der Waals surface area contributed by atoms with E-state index in [0.29, 0.717) is 6.10 Å². The Morgan fingerprint density at radius 3 is 2.93 bits per heavy atom. The highest BCUT2D eigenvalue weighted by atomic mass is 16.5. The molecule has 0 bridgehead atoms. The van der Waals surface area contributed by atoms with Gasteiger partial charge in [-0.3, -0.25) is 0 Å². The lowest BCUT2D eigenvalue weighted by atomic mass is 10.1. The Morgan fingerprint density at radius 1 is 1.29 bits per heavy atom. The lowest BCUT2D eigenvalue weighted by molar-refractivity contribution is 0.0170. The van der Waals surface area contributed by atoms with Crippen LogP contribution in [0.4, 0.5) is 0 Å². The Morgan fingerprint density at radius 2 is 2.21 bits per heavy atom. The average Bonchev–Trinajstić information content (AvgIpc) is 3.03. The van der Waals surface area contributed by atoms with Crippen LogP contribution in [0.1, 0.15) is 25.7 Å². The van der Waals surface area contributed by atoms with Crippen LogP contribution in [0.15, 0.2) is 0 Å². The van der Waals surface area contributed by atoms with Gasteiger partial charge in [0.1, 0.15) is 0 Å². The molecular weight excluding hydrogens is 176 g/mol. The van der Waals surface area contributed by atoms with Gasteiger partial charge < -0.3 is 15.0 Å². The molecule has 0 radical (unpaired) electrons. The van der Waals surface area contributed by atoms with Gasteiger partial charge in [0.15, 0.2) is 0 Å². The van der Waals surface area contributed by atoms with Gasteiger partial charge in [-0.25, -0.2) is 0 Å². The summed E-state index contributed by atoms with van der Waals surface area (Å²) in [6, 6.07) is 0. The van der Waals surface area contributed by atoms with Gasteiger partial charge in [0.25, 0.3) is 0 Å². The zero-order chi connectivity index (χ0) is 9.64. The molecule has 2 fully saturated rings. The quantitative estimate of drug-likeness (QED) is 0.506. The summed E-state index contributed by atoms with van der Waals surface area (Å²) in [4.78, 5) is 2.47. The molecule has 2 aliphatic heterocycles. The number of nitrogens with zero attached hydrogens (tertiary/aromatic N) is 1. The largest absolute Gasteiger partial charge is 0.377 e. The Kier molecular flexibility index (Phi) is 4.22. The highest BCUT2D eigenvalue weighted by molar-refractivity contribution is 4.72. The Bertz CT molecular complexity index is 153. The molecule has 1 N–H and O–H groups in total. The SMILES string of the molecule is C1CCC(CNCCCN2CC2)OC1. The van der Waals surface area contributed by atoms with Gasteiger partial charge in [0.2, 0.25) is 0 Å². The molecule has 2 rings (SSSR count). The summed E-state index contributed by atoms with van der Waals surface area (Å²) in [7, 11) is 0. The van der Waals surface area contributed by atoms with Crippen LogP contribution in [0.25, 0.3) is 0 Å². The zero-order valence-electron chi connectivity index (χ0n) is 9.00. The van der Waals surface area contributed by atoms with Crippen LogP contribution >= 0.6 is 0 Å². The highest BCUT2D eigenvalue weighted by Gasteiger charge is 2.16. The molecule has 0 spiro atoms. The Labute approximate surface area is 86.8 Å². The predicted octanol–water partition coefficient (Wildman–Crippen LogP) is 0.851. The summed E-state index contributed by atoms with van der Waals surface area (Å²) in [5, 5.41) is 3.49. The van der Waals surface area contributed by atoms with E-state index in [9.17, 15) is 0 Å². The molecule has 0 saturated carbocycles. The highest BCUT2D eigenvalue weighted by Crippen LogP contribution is 2.11. The standard InChI is InChI=1S/C11H22N2O/c1-2-9-14-11(4-1)10-12-5-3-6-13-7-8-13/h11-12H,1-10H2. The minimum Gasteiger partial charge on any atom is -0.377 e. The second-order valence-electron chi connectivity index (χ2n) is 4.39. The predicted molar refractivity (Wildman–Crippen MR) is 57.5 cm³/mol. The molecular formula is C11H22N2O. The molecule has 0 amide bonds. The molecule has 3 heteroatoms. The number of hydrogen-bond donors (Lipinski definition) is 1. The fraction of sp³-hybridized carbons (Fsp3) is 1.00. The van der Waals surface area contributed by atoms with Gasteiger partial charge in [0.05, 0.1) is 6.10 Å². The number of rotatable bonds is 6. The first kappa shape index (κ1) is 10.4. The van der Waals surface area contributed by atoms with Crippen molar-refractivity contribution in [3.05, 3.63) is 0 Å². The van der Waals surface area contributed by atoms with Gasteiger partial charge in [-0.1, -0.05) is 0 Å². The third-order valence-corrected chi connectivity index (χ3v) is 3.01. The van der Waals surface area contributed by atoms with Crippen molar-refractivity contribution in [2.45, 2.75) is 31.8 Å². The van der Waals surface area contributed by atoms with E-state index < -0.39 is 0 Å². The van der Waals surface area contributed by atoms with Gasteiger partial charge in [0, 0.05) is 26.2 Å². The second kappa shape index (κ2) is 5.69. The van der Waals surface area contributed by atoms with E-state index in [2.05, 4.69) is 10.2 Å². The minimum absolute atomic E-state index is 0.491. The third-order valence-electron chi connectivity index (χ3n) is 3.01. The molecule has 82 valence electrons. The van der Waals surface area contributed by atoms with Gasteiger partial charge in [-0.15, -0.1) is 0 Å².